The van der Waals surface area contributed by atoms with Crippen LogP contribution in [-0.2, 0) is 11.3 Å². The predicted molar refractivity (Wildman–Crippen MR) is 125 cm³/mol. The van der Waals surface area contributed by atoms with Gasteiger partial charge in [-0.05, 0) is 61.4 Å². The summed E-state index contributed by atoms with van der Waals surface area (Å²) in [5.74, 6) is 2.51. The molecule has 164 valence electrons. The van der Waals surface area contributed by atoms with Gasteiger partial charge in [-0.2, -0.15) is 4.99 Å². The number of nitrogens with one attached hydrogen (secondary N) is 1. The van der Waals surface area contributed by atoms with Crippen LogP contribution in [0.1, 0.15) is 31.2 Å². The van der Waals surface area contributed by atoms with Gasteiger partial charge in [0.1, 0.15) is 6.10 Å². The Labute approximate surface area is 189 Å². The second kappa shape index (κ2) is 8.52. The maximum absolute atomic E-state index is 6.21. The van der Waals surface area contributed by atoms with Crippen LogP contribution >= 0.6 is 0 Å². The highest BCUT2D eigenvalue weighted by atomic mass is 16.5. The lowest BCUT2D eigenvalue weighted by atomic mass is 10.1. The number of piperidine rings is 1. The number of aromatic nitrogens is 1. The number of ether oxygens (including phenoxy) is 1. The Balaban J connectivity index is 1.17. The van der Waals surface area contributed by atoms with E-state index in [1.807, 2.05) is 30.5 Å². The molecule has 3 aliphatic heterocycles. The van der Waals surface area contributed by atoms with Gasteiger partial charge >= 0.3 is 0 Å². The summed E-state index contributed by atoms with van der Waals surface area (Å²) in [4.78, 5) is 9.42. The highest BCUT2D eigenvalue weighted by molar-refractivity contribution is 5.89. The van der Waals surface area contributed by atoms with Crippen LogP contribution in [0, 0.1) is 5.92 Å². The van der Waals surface area contributed by atoms with Gasteiger partial charge in [-0.1, -0.05) is 30.3 Å². The summed E-state index contributed by atoms with van der Waals surface area (Å²) >= 11 is 0. The molecule has 1 saturated carbocycles. The van der Waals surface area contributed by atoms with Crippen LogP contribution in [0.2, 0.25) is 0 Å². The van der Waals surface area contributed by atoms with Crippen LogP contribution in [0.3, 0.4) is 0 Å². The summed E-state index contributed by atoms with van der Waals surface area (Å²) in [6.07, 6.45) is 11.0. The lowest BCUT2D eigenvalue weighted by Gasteiger charge is -2.30. The van der Waals surface area contributed by atoms with E-state index in [9.17, 15) is 0 Å². The van der Waals surface area contributed by atoms with Crippen molar-refractivity contribution in [2.45, 2.75) is 38.3 Å². The van der Waals surface area contributed by atoms with Crippen LogP contribution in [0.15, 0.2) is 77.3 Å². The van der Waals surface area contributed by atoms with Crippen LogP contribution in [0.5, 0.6) is 0 Å². The largest absolute Gasteiger partial charge is 0.473 e. The monoisotopic (exact) mass is 427 g/mol. The first-order valence-corrected chi connectivity index (χ1v) is 11.8. The molecule has 32 heavy (non-hydrogen) atoms. The molecule has 1 saturated heterocycles. The first kappa shape index (κ1) is 19.7. The van der Waals surface area contributed by atoms with Crippen molar-refractivity contribution in [1.29, 1.82) is 0 Å². The number of pyridine rings is 1. The molecule has 0 unspecified atom stereocenters. The zero-order chi connectivity index (χ0) is 21.3. The molecule has 0 radical (unpaired) electrons. The molecule has 6 rings (SSSR count). The van der Waals surface area contributed by atoms with Crippen molar-refractivity contribution in [2.75, 3.05) is 19.6 Å². The summed E-state index contributed by atoms with van der Waals surface area (Å²) in [5.41, 5.74) is 4.90. The van der Waals surface area contributed by atoms with Crippen molar-refractivity contribution in [1.82, 2.24) is 20.3 Å². The molecule has 2 fully saturated rings. The Morgan fingerprint density at radius 2 is 1.97 bits per heavy atom. The van der Waals surface area contributed by atoms with E-state index in [0.717, 1.165) is 62.0 Å². The first-order valence-electron chi connectivity index (χ1n) is 11.8. The molecule has 0 bridgehead atoms. The van der Waals surface area contributed by atoms with Crippen molar-refractivity contribution in [3.05, 3.63) is 77.9 Å². The maximum Gasteiger partial charge on any atom is 0.217 e. The molecule has 2 aromatic rings. The van der Waals surface area contributed by atoms with Gasteiger partial charge in [0.05, 0.1) is 5.69 Å². The molecule has 1 N–H and O–H groups in total. The van der Waals surface area contributed by atoms with E-state index >= 15 is 0 Å². The van der Waals surface area contributed by atoms with Gasteiger partial charge in [0.2, 0.25) is 5.90 Å². The predicted octanol–water partition coefficient (Wildman–Crippen LogP) is 4.10. The molecule has 1 aliphatic carbocycles. The third kappa shape index (κ3) is 4.08. The minimum atomic E-state index is 0.221. The highest BCUT2D eigenvalue weighted by Gasteiger charge is 2.39. The van der Waals surface area contributed by atoms with Gasteiger partial charge in [0.15, 0.2) is 5.82 Å². The molecule has 0 spiro atoms. The normalized spacial score (nSPS) is 23.3. The fourth-order valence-electron chi connectivity index (χ4n) is 4.75. The lowest BCUT2D eigenvalue weighted by molar-refractivity contribution is 0.0764. The van der Waals surface area contributed by atoms with E-state index in [-0.39, 0.29) is 6.10 Å². The topological polar surface area (TPSA) is 53.0 Å². The second-order valence-corrected chi connectivity index (χ2v) is 9.05. The minimum absolute atomic E-state index is 0.221. The number of fused-ring (bicyclic) bond motifs is 1. The van der Waals surface area contributed by atoms with Crippen molar-refractivity contribution >= 4 is 5.90 Å². The van der Waals surface area contributed by atoms with Crippen LogP contribution in [0.25, 0.3) is 11.3 Å². The van der Waals surface area contributed by atoms with Gasteiger partial charge in [-0.25, -0.2) is 5.01 Å². The summed E-state index contributed by atoms with van der Waals surface area (Å²) < 4.78 is 6.21. The quantitative estimate of drug-likeness (QED) is 0.779. The summed E-state index contributed by atoms with van der Waals surface area (Å²) in [5, 5.41) is 8.03. The average molecular weight is 428 g/mol. The van der Waals surface area contributed by atoms with Gasteiger partial charge in [-0.15, -0.1) is 0 Å². The van der Waals surface area contributed by atoms with E-state index in [0.29, 0.717) is 5.92 Å². The summed E-state index contributed by atoms with van der Waals surface area (Å²) in [6.45, 7) is 3.79. The molecule has 1 atom stereocenters. The molecule has 1 aromatic heterocycles. The smallest absolute Gasteiger partial charge is 0.217 e. The zero-order valence-corrected chi connectivity index (χ0v) is 18.3. The van der Waals surface area contributed by atoms with Gasteiger partial charge in [0, 0.05) is 43.7 Å². The van der Waals surface area contributed by atoms with E-state index in [4.69, 9.17) is 9.73 Å². The lowest BCUT2D eigenvalue weighted by Crippen LogP contribution is -2.38. The molecule has 4 heterocycles. The third-order valence-electron chi connectivity index (χ3n) is 6.63. The van der Waals surface area contributed by atoms with Gasteiger partial charge in [-0.3, -0.25) is 9.99 Å². The molecular formula is C26H29N5O. The fourth-order valence-corrected chi connectivity index (χ4v) is 4.75. The number of hydrogen-bond acceptors (Lipinski definition) is 6. The van der Waals surface area contributed by atoms with Crippen molar-refractivity contribution in [2.24, 2.45) is 10.9 Å². The Morgan fingerprint density at radius 1 is 1.06 bits per heavy atom. The van der Waals surface area contributed by atoms with Crippen molar-refractivity contribution < 1.29 is 4.74 Å². The van der Waals surface area contributed by atoms with E-state index in [1.165, 1.54) is 24.0 Å². The fraction of sp³-hybridized carbons (Fsp3) is 0.385. The number of hydrazine groups is 1. The maximum atomic E-state index is 6.21. The third-order valence-corrected chi connectivity index (χ3v) is 6.63. The molecule has 4 aliphatic rings. The number of benzene rings is 1. The SMILES string of the molecule is C1=CN2C(=C(C3CC3)CN2Cc2ccc(-c3ccccn3)cc2)N=C1O[C@@H]1CCCNC1. The minimum Gasteiger partial charge on any atom is -0.473 e. The first-order chi connectivity index (χ1) is 15.8. The second-order valence-electron chi connectivity index (χ2n) is 9.05. The Kier molecular flexibility index (Phi) is 5.25. The molecular weight excluding hydrogens is 398 g/mol. The number of hydrogen-bond donors (Lipinski definition) is 1. The Hall–Kier alpha value is -2.96. The summed E-state index contributed by atoms with van der Waals surface area (Å²) in [6, 6.07) is 14.8. The standard InChI is InChI=1S/C26H29N5O/c1-2-14-28-24(5-1)21-8-6-19(7-9-21)17-30-18-23(20-10-11-20)26-29-25(12-15-31(26)30)32-22-4-3-13-27-16-22/h1-2,5-9,12,14-15,20,22,27H,3-4,10-11,13,16-18H2/t22-/m1/s1. The number of nitrogens with zero attached hydrogens (tertiary/aromatic N) is 4. The Bertz CT molecular complexity index is 1050. The number of rotatable bonds is 5. The molecule has 6 nitrogen and oxygen atoms in total. The summed E-state index contributed by atoms with van der Waals surface area (Å²) in [7, 11) is 0. The highest BCUT2D eigenvalue weighted by Crippen LogP contribution is 2.43. The molecule has 1 aromatic carbocycles. The van der Waals surface area contributed by atoms with Crippen LogP contribution in [-0.4, -0.2) is 46.6 Å². The van der Waals surface area contributed by atoms with E-state index < -0.39 is 0 Å². The van der Waals surface area contributed by atoms with Crippen LogP contribution < -0.4 is 5.32 Å². The van der Waals surface area contributed by atoms with Gasteiger partial charge < -0.3 is 10.1 Å². The van der Waals surface area contributed by atoms with Crippen molar-refractivity contribution in [3.63, 3.8) is 0 Å². The van der Waals surface area contributed by atoms with E-state index in [2.05, 4.69) is 50.8 Å². The van der Waals surface area contributed by atoms with Gasteiger partial charge in [0.25, 0.3) is 0 Å². The molecule has 6 heteroatoms. The van der Waals surface area contributed by atoms with E-state index in [1.54, 1.807) is 0 Å². The Morgan fingerprint density at radius 3 is 2.72 bits per heavy atom. The van der Waals surface area contributed by atoms with Crippen molar-refractivity contribution in [3.8, 4) is 11.3 Å². The van der Waals surface area contributed by atoms with Crippen LogP contribution in [0.4, 0.5) is 0 Å². The average Bonchev–Trinajstić information content (AvgIpc) is 3.63. The molecule has 0 amide bonds. The zero-order valence-electron chi connectivity index (χ0n) is 18.3. The number of aliphatic imine (C=N–C) groups is 1.